The van der Waals surface area contributed by atoms with E-state index in [2.05, 4.69) is 40.7 Å². The SMILES string of the molecule is CCC(=O)OC1CC[C@@]2(C)C(=CCC3C2CC[C@@]2(C)C3CC[C@@H]2[C@H](C)CCCC(C)C)C1. The second-order valence-corrected chi connectivity index (χ2v) is 13.0. The minimum absolute atomic E-state index is 0.0270. The van der Waals surface area contributed by atoms with Crippen molar-refractivity contribution in [3.63, 3.8) is 0 Å². The Balaban J connectivity index is 1.45. The third kappa shape index (κ3) is 4.34. The van der Waals surface area contributed by atoms with Crippen LogP contribution >= 0.6 is 0 Å². The molecule has 32 heavy (non-hydrogen) atoms. The minimum atomic E-state index is -0.0270. The van der Waals surface area contributed by atoms with E-state index in [4.69, 9.17) is 4.74 Å². The molecule has 0 bridgehead atoms. The summed E-state index contributed by atoms with van der Waals surface area (Å²) in [5.74, 6) is 5.28. The highest BCUT2D eigenvalue weighted by atomic mass is 16.5. The molecule has 2 heteroatoms. The maximum absolute atomic E-state index is 11.9. The number of hydrogen-bond acceptors (Lipinski definition) is 2. The molecule has 0 N–H and O–H groups in total. The molecule has 8 atom stereocenters. The van der Waals surface area contributed by atoms with Crippen LogP contribution in [0, 0.1) is 46.3 Å². The Labute approximate surface area is 198 Å². The average Bonchev–Trinajstić information content (AvgIpc) is 3.11. The van der Waals surface area contributed by atoms with Crippen molar-refractivity contribution in [3.8, 4) is 0 Å². The minimum Gasteiger partial charge on any atom is -0.462 e. The van der Waals surface area contributed by atoms with Gasteiger partial charge < -0.3 is 4.74 Å². The lowest BCUT2D eigenvalue weighted by Gasteiger charge is -2.58. The number of fused-ring (bicyclic) bond motifs is 5. The van der Waals surface area contributed by atoms with E-state index in [9.17, 15) is 4.79 Å². The maximum atomic E-state index is 11.9. The number of esters is 1. The third-order valence-electron chi connectivity index (χ3n) is 10.8. The molecule has 4 unspecified atom stereocenters. The van der Waals surface area contributed by atoms with Crippen molar-refractivity contribution in [3.05, 3.63) is 11.6 Å². The standard InChI is InChI=1S/C30H50O2/c1-7-28(31)32-23-15-17-29(5)22(19-23)11-12-24-26-14-13-25(21(4)10-8-9-20(2)3)30(26,6)18-16-27(24)29/h11,20-21,23-27H,7-10,12-19H2,1-6H3/t21-,23?,24?,25-,26?,27?,29+,30-/m1/s1. The molecule has 182 valence electrons. The fourth-order valence-corrected chi connectivity index (χ4v) is 9.02. The summed E-state index contributed by atoms with van der Waals surface area (Å²) in [5.41, 5.74) is 2.54. The van der Waals surface area contributed by atoms with E-state index in [0.717, 1.165) is 48.3 Å². The molecule has 0 aromatic heterocycles. The van der Waals surface area contributed by atoms with Gasteiger partial charge in [-0.05, 0) is 91.3 Å². The quantitative estimate of drug-likeness (QED) is 0.292. The number of ether oxygens (including phenoxy) is 1. The number of carbonyl (C=O) groups is 1. The van der Waals surface area contributed by atoms with Crippen molar-refractivity contribution >= 4 is 5.97 Å². The van der Waals surface area contributed by atoms with Crippen molar-refractivity contribution in [2.24, 2.45) is 46.3 Å². The van der Waals surface area contributed by atoms with Gasteiger partial charge in [0.15, 0.2) is 0 Å². The van der Waals surface area contributed by atoms with E-state index in [1.807, 2.05) is 6.92 Å². The number of hydrogen-bond donors (Lipinski definition) is 0. The molecule has 3 fully saturated rings. The second-order valence-electron chi connectivity index (χ2n) is 13.0. The molecular formula is C30H50O2. The summed E-state index contributed by atoms with van der Waals surface area (Å²) in [6, 6.07) is 0. The van der Waals surface area contributed by atoms with Gasteiger partial charge in [-0.1, -0.05) is 72.5 Å². The second kappa shape index (κ2) is 9.46. The summed E-state index contributed by atoms with van der Waals surface area (Å²) >= 11 is 0. The van der Waals surface area contributed by atoms with Gasteiger partial charge in [-0.3, -0.25) is 4.79 Å². The van der Waals surface area contributed by atoms with E-state index in [0.29, 0.717) is 17.3 Å². The van der Waals surface area contributed by atoms with Crippen molar-refractivity contribution in [1.82, 2.24) is 0 Å². The largest absolute Gasteiger partial charge is 0.462 e. The van der Waals surface area contributed by atoms with Gasteiger partial charge in [0, 0.05) is 12.8 Å². The highest BCUT2D eigenvalue weighted by molar-refractivity contribution is 5.69. The van der Waals surface area contributed by atoms with Crippen LogP contribution in [0.4, 0.5) is 0 Å². The molecule has 0 heterocycles. The lowest BCUT2D eigenvalue weighted by molar-refractivity contribution is -0.151. The van der Waals surface area contributed by atoms with Crippen molar-refractivity contribution in [1.29, 1.82) is 0 Å². The Morgan fingerprint density at radius 2 is 1.84 bits per heavy atom. The van der Waals surface area contributed by atoms with E-state index < -0.39 is 0 Å². The van der Waals surface area contributed by atoms with E-state index in [1.165, 1.54) is 57.8 Å². The smallest absolute Gasteiger partial charge is 0.305 e. The first-order valence-corrected chi connectivity index (χ1v) is 14.1. The van der Waals surface area contributed by atoms with Crippen LogP contribution in [-0.4, -0.2) is 12.1 Å². The van der Waals surface area contributed by atoms with E-state index in [1.54, 1.807) is 5.57 Å². The molecule has 4 aliphatic rings. The number of allylic oxidation sites excluding steroid dienone is 1. The van der Waals surface area contributed by atoms with Crippen LogP contribution in [0.25, 0.3) is 0 Å². The molecule has 0 amide bonds. The molecule has 0 saturated heterocycles. The van der Waals surface area contributed by atoms with Gasteiger partial charge in [0.05, 0.1) is 0 Å². The van der Waals surface area contributed by atoms with E-state index >= 15 is 0 Å². The highest BCUT2D eigenvalue weighted by Crippen LogP contribution is 2.67. The van der Waals surface area contributed by atoms with Crippen LogP contribution in [0.2, 0.25) is 0 Å². The fraction of sp³-hybridized carbons (Fsp3) is 0.900. The third-order valence-corrected chi connectivity index (χ3v) is 10.8. The predicted octanol–water partition coefficient (Wildman–Crippen LogP) is 8.35. The van der Waals surface area contributed by atoms with Crippen LogP contribution in [0.1, 0.15) is 119 Å². The van der Waals surface area contributed by atoms with E-state index in [-0.39, 0.29) is 12.1 Å². The Morgan fingerprint density at radius 3 is 2.56 bits per heavy atom. The van der Waals surface area contributed by atoms with Crippen LogP contribution in [-0.2, 0) is 9.53 Å². The van der Waals surface area contributed by atoms with Crippen molar-refractivity contribution in [2.75, 3.05) is 0 Å². The van der Waals surface area contributed by atoms with Crippen LogP contribution in [0.5, 0.6) is 0 Å². The zero-order chi connectivity index (χ0) is 23.1. The first-order valence-electron chi connectivity index (χ1n) is 14.1. The predicted molar refractivity (Wildman–Crippen MR) is 133 cm³/mol. The molecular weight excluding hydrogens is 392 g/mol. The molecule has 4 rings (SSSR count). The summed E-state index contributed by atoms with van der Waals surface area (Å²) in [4.78, 5) is 11.9. The first-order chi connectivity index (χ1) is 15.2. The van der Waals surface area contributed by atoms with Crippen molar-refractivity contribution < 1.29 is 9.53 Å². The molecule has 4 aliphatic carbocycles. The van der Waals surface area contributed by atoms with Gasteiger partial charge in [-0.25, -0.2) is 0 Å². The molecule has 2 nitrogen and oxygen atoms in total. The number of carbonyl (C=O) groups excluding carboxylic acids is 1. The van der Waals surface area contributed by atoms with Gasteiger partial charge in [0.1, 0.15) is 6.10 Å². The Hall–Kier alpha value is -0.790. The Bertz CT molecular complexity index is 708. The Kier molecular flexibility index (Phi) is 7.19. The van der Waals surface area contributed by atoms with Crippen LogP contribution < -0.4 is 0 Å². The van der Waals surface area contributed by atoms with Gasteiger partial charge in [-0.2, -0.15) is 0 Å². The fourth-order valence-electron chi connectivity index (χ4n) is 9.02. The molecule has 0 aromatic rings. The lowest BCUT2D eigenvalue weighted by Crippen LogP contribution is -2.51. The Morgan fingerprint density at radius 1 is 1.06 bits per heavy atom. The van der Waals surface area contributed by atoms with Gasteiger partial charge in [0.2, 0.25) is 0 Å². The normalized spacial score (nSPS) is 42.0. The molecule has 0 spiro atoms. The molecule has 0 aliphatic heterocycles. The maximum Gasteiger partial charge on any atom is 0.305 e. The zero-order valence-corrected chi connectivity index (χ0v) is 21.9. The summed E-state index contributed by atoms with van der Waals surface area (Å²) in [6.45, 7) is 14.5. The van der Waals surface area contributed by atoms with Gasteiger partial charge >= 0.3 is 5.97 Å². The molecule has 0 radical (unpaired) electrons. The van der Waals surface area contributed by atoms with Crippen LogP contribution in [0.3, 0.4) is 0 Å². The zero-order valence-electron chi connectivity index (χ0n) is 21.9. The first kappa shape index (κ1) is 24.3. The van der Waals surface area contributed by atoms with Crippen molar-refractivity contribution in [2.45, 2.75) is 125 Å². The van der Waals surface area contributed by atoms with Crippen LogP contribution in [0.15, 0.2) is 11.6 Å². The van der Waals surface area contributed by atoms with Gasteiger partial charge in [0.25, 0.3) is 0 Å². The molecule has 3 saturated carbocycles. The lowest BCUT2D eigenvalue weighted by atomic mass is 9.47. The highest BCUT2D eigenvalue weighted by Gasteiger charge is 2.59. The monoisotopic (exact) mass is 442 g/mol. The summed E-state index contributed by atoms with van der Waals surface area (Å²) in [7, 11) is 0. The number of rotatable bonds is 7. The summed E-state index contributed by atoms with van der Waals surface area (Å²) in [6.07, 6.45) is 17.8. The average molecular weight is 443 g/mol. The van der Waals surface area contributed by atoms with Gasteiger partial charge in [-0.15, -0.1) is 0 Å². The summed E-state index contributed by atoms with van der Waals surface area (Å²) < 4.78 is 5.76. The topological polar surface area (TPSA) is 26.3 Å². The molecule has 0 aromatic carbocycles. The summed E-state index contributed by atoms with van der Waals surface area (Å²) in [5, 5.41) is 0.